The number of carbonyl (C=O) groups is 1. The zero-order valence-corrected chi connectivity index (χ0v) is 11.0. The van der Waals surface area contributed by atoms with Crippen LogP contribution in [0.4, 0.5) is 5.69 Å². The summed E-state index contributed by atoms with van der Waals surface area (Å²) in [5, 5.41) is 0. The van der Waals surface area contributed by atoms with Crippen molar-refractivity contribution in [1.29, 1.82) is 0 Å². The predicted molar refractivity (Wildman–Crippen MR) is 72.7 cm³/mol. The summed E-state index contributed by atoms with van der Waals surface area (Å²) >= 11 is 0. The lowest BCUT2D eigenvalue weighted by Crippen LogP contribution is -2.40. The van der Waals surface area contributed by atoms with Gasteiger partial charge in [0.1, 0.15) is 6.54 Å². The molecule has 0 heterocycles. The molecule has 0 unspecified atom stereocenters. The number of nitrogens with zero attached hydrogens (tertiary/aromatic N) is 1. The molecule has 0 radical (unpaired) electrons. The first-order valence-corrected chi connectivity index (χ1v) is 6.70. The van der Waals surface area contributed by atoms with Crippen LogP contribution in [0.1, 0.15) is 32.1 Å². The van der Waals surface area contributed by atoms with Crippen molar-refractivity contribution < 1.29 is 9.53 Å². The van der Waals surface area contributed by atoms with E-state index in [-0.39, 0.29) is 5.97 Å². The SMILES string of the molecule is COC(=O)CN(c1ccccc1)C1CCCCC1. The van der Waals surface area contributed by atoms with E-state index in [4.69, 9.17) is 4.74 Å². The summed E-state index contributed by atoms with van der Waals surface area (Å²) in [5.41, 5.74) is 1.12. The number of anilines is 1. The van der Waals surface area contributed by atoms with Gasteiger partial charge in [-0.2, -0.15) is 0 Å². The molecule has 1 aliphatic rings. The van der Waals surface area contributed by atoms with Crippen molar-refractivity contribution in [1.82, 2.24) is 0 Å². The van der Waals surface area contributed by atoms with Crippen LogP contribution in [0.25, 0.3) is 0 Å². The third-order valence-electron chi connectivity index (χ3n) is 3.63. The molecule has 0 amide bonds. The molecule has 1 aromatic rings. The molecule has 3 heteroatoms. The Morgan fingerprint density at radius 3 is 2.50 bits per heavy atom. The molecule has 98 valence electrons. The molecule has 0 aromatic heterocycles. The summed E-state index contributed by atoms with van der Waals surface area (Å²) in [6.07, 6.45) is 6.18. The highest BCUT2D eigenvalue weighted by atomic mass is 16.5. The monoisotopic (exact) mass is 247 g/mol. The van der Waals surface area contributed by atoms with Gasteiger partial charge in [0.2, 0.25) is 0 Å². The Bertz CT molecular complexity index is 371. The van der Waals surface area contributed by atoms with Crippen LogP contribution in [0, 0.1) is 0 Å². The van der Waals surface area contributed by atoms with Crippen molar-refractivity contribution in [3.8, 4) is 0 Å². The summed E-state index contributed by atoms with van der Waals surface area (Å²) in [5.74, 6) is -0.163. The van der Waals surface area contributed by atoms with E-state index >= 15 is 0 Å². The van der Waals surface area contributed by atoms with Crippen LogP contribution in [-0.2, 0) is 9.53 Å². The van der Waals surface area contributed by atoms with E-state index < -0.39 is 0 Å². The zero-order chi connectivity index (χ0) is 12.8. The van der Waals surface area contributed by atoms with Crippen molar-refractivity contribution in [2.45, 2.75) is 38.1 Å². The first kappa shape index (κ1) is 12.9. The fourth-order valence-electron chi connectivity index (χ4n) is 2.65. The van der Waals surface area contributed by atoms with Gasteiger partial charge in [0, 0.05) is 11.7 Å². The van der Waals surface area contributed by atoms with Crippen LogP contribution in [-0.4, -0.2) is 25.7 Å². The lowest BCUT2D eigenvalue weighted by atomic mass is 9.93. The number of methoxy groups -OCH3 is 1. The van der Waals surface area contributed by atoms with Gasteiger partial charge in [0.05, 0.1) is 7.11 Å². The van der Waals surface area contributed by atoms with Crippen LogP contribution >= 0.6 is 0 Å². The average molecular weight is 247 g/mol. The van der Waals surface area contributed by atoms with Gasteiger partial charge in [-0.15, -0.1) is 0 Å². The maximum atomic E-state index is 11.6. The van der Waals surface area contributed by atoms with Gasteiger partial charge < -0.3 is 9.64 Å². The largest absolute Gasteiger partial charge is 0.468 e. The number of carbonyl (C=O) groups excluding carboxylic acids is 1. The summed E-state index contributed by atoms with van der Waals surface area (Å²) in [6.45, 7) is 0.352. The van der Waals surface area contributed by atoms with Crippen molar-refractivity contribution >= 4 is 11.7 Å². The number of hydrogen-bond acceptors (Lipinski definition) is 3. The van der Waals surface area contributed by atoms with E-state index in [2.05, 4.69) is 17.0 Å². The van der Waals surface area contributed by atoms with Gasteiger partial charge >= 0.3 is 5.97 Å². The maximum absolute atomic E-state index is 11.6. The molecule has 1 aromatic carbocycles. The van der Waals surface area contributed by atoms with E-state index in [9.17, 15) is 4.79 Å². The normalized spacial score (nSPS) is 16.3. The van der Waals surface area contributed by atoms with Crippen LogP contribution < -0.4 is 4.90 Å². The first-order valence-electron chi connectivity index (χ1n) is 6.70. The molecular formula is C15H21NO2. The molecule has 2 rings (SSSR count). The molecule has 0 saturated heterocycles. The topological polar surface area (TPSA) is 29.5 Å². The van der Waals surface area contributed by atoms with E-state index in [1.54, 1.807) is 0 Å². The average Bonchev–Trinajstić information content (AvgIpc) is 2.46. The Hall–Kier alpha value is -1.51. The summed E-state index contributed by atoms with van der Waals surface area (Å²) in [4.78, 5) is 13.8. The second kappa shape index (κ2) is 6.43. The Morgan fingerprint density at radius 1 is 1.22 bits per heavy atom. The molecule has 3 nitrogen and oxygen atoms in total. The highest BCUT2D eigenvalue weighted by Crippen LogP contribution is 2.27. The molecule has 0 bridgehead atoms. The third-order valence-corrected chi connectivity index (χ3v) is 3.63. The van der Waals surface area contributed by atoms with Crippen LogP contribution in [0.15, 0.2) is 30.3 Å². The Balaban J connectivity index is 2.14. The van der Waals surface area contributed by atoms with E-state index in [1.165, 1.54) is 39.2 Å². The zero-order valence-electron chi connectivity index (χ0n) is 11.0. The quantitative estimate of drug-likeness (QED) is 0.766. The lowest BCUT2D eigenvalue weighted by molar-refractivity contribution is -0.139. The highest BCUT2D eigenvalue weighted by Gasteiger charge is 2.23. The van der Waals surface area contributed by atoms with Gasteiger partial charge in [-0.3, -0.25) is 4.79 Å². The van der Waals surface area contributed by atoms with Gasteiger partial charge in [-0.25, -0.2) is 0 Å². The summed E-state index contributed by atoms with van der Waals surface area (Å²) in [6, 6.07) is 10.6. The molecule has 1 fully saturated rings. The smallest absolute Gasteiger partial charge is 0.325 e. The number of hydrogen-bond donors (Lipinski definition) is 0. The second-order valence-electron chi connectivity index (χ2n) is 4.83. The first-order chi connectivity index (χ1) is 8.81. The van der Waals surface area contributed by atoms with Crippen molar-refractivity contribution in [2.75, 3.05) is 18.6 Å². The minimum absolute atomic E-state index is 0.163. The molecule has 1 aliphatic carbocycles. The van der Waals surface area contributed by atoms with Gasteiger partial charge in [-0.1, -0.05) is 37.5 Å². The van der Waals surface area contributed by atoms with Crippen molar-refractivity contribution in [3.05, 3.63) is 30.3 Å². The fraction of sp³-hybridized carbons (Fsp3) is 0.533. The minimum Gasteiger partial charge on any atom is -0.468 e. The third kappa shape index (κ3) is 3.25. The molecule has 0 spiro atoms. The molecule has 18 heavy (non-hydrogen) atoms. The van der Waals surface area contributed by atoms with Gasteiger partial charge in [-0.05, 0) is 25.0 Å². The number of rotatable bonds is 4. The van der Waals surface area contributed by atoms with Gasteiger partial charge in [0.15, 0.2) is 0 Å². The number of benzene rings is 1. The van der Waals surface area contributed by atoms with Crippen LogP contribution in [0.2, 0.25) is 0 Å². The Kier molecular flexibility index (Phi) is 4.62. The van der Waals surface area contributed by atoms with Crippen LogP contribution in [0.5, 0.6) is 0 Å². The van der Waals surface area contributed by atoms with Crippen molar-refractivity contribution in [3.63, 3.8) is 0 Å². The highest BCUT2D eigenvalue weighted by molar-refractivity contribution is 5.75. The maximum Gasteiger partial charge on any atom is 0.325 e. The number of para-hydroxylation sites is 1. The fourth-order valence-corrected chi connectivity index (χ4v) is 2.65. The van der Waals surface area contributed by atoms with Crippen LogP contribution in [0.3, 0.4) is 0 Å². The lowest BCUT2D eigenvalue weighted by Gasteiger charge is -2.35. The Labute approximate surface area is 109 Å². The molecule has 0 N–H and O–H groups in total. The summed E-state index contributed by atoms with van der Waals surface area (Å²) in [7, 11) is 1.45. The summed E-state index contributed by atoms with van der Waals surface area (Å²) < 4.78 is 4.81. The molecular weight excluding hydrogens is 226 g/mol. The minimum atomic E-state index is -0.163. The van der Waals surface area contributed by atoms with Gasteiger partial charge in [0.25, 0.3) is 0 Å². The molecule has 0 aliphatic heterocycles. The van der Waals surface area contributed by atoms with Crippen molar-refractivity contribution in [2.24, 2.45) is 0 Å². The second-order valence-corrected chi connectivity index (χ2v) is 4.83. The van der Waals surface area contributed by atoms with E-state index in [1.807, 2.05) is 18.2 Å². The predicted octanol–water partition coefficient (Wildman–Crippen LogP) is 3.00. The van der Waals surface area contributed by atoms with E-state index in [0.29, 0.717) is 12.6 Å². The standard InChI is InChI=1S/C15H21NO2/c1-18-15(17)12-16(13-8-4-2-5-9-13)14-10-6-3-7-11-14/h2,4-5,8-9,14H,3,6-7,10-12H2,1H3. The Morgan fingerprint density at radius 2 is 1.89 bits per heavy atom. The molecule has 0 atom stereocenters. The number of esters is 1. The van der Waals surface area contributed by atoms with E-state index in [0.717, 1.165) is 5.69 Å². The molecule has 1 saturated carbocycles. The number of ether oxygens (including phenoxy) is 1.